The van der Waals surface area contributed by atoms with Crippen molar-refractivity contribution in [2.75, 3.05) is 13.2 Å². The molecule has 4 heteroatoms. The standard InChI is InChI=1S/C10H12ClNO2/c11-9-5-8(6-10(13)12-9)7-1-3-14-4-2-7/h5-7H,1-4H2,(H,12,13). The summed E-state index contributed by atoms with van der Waals surface area (Å²) in [5.41, 5.74) is 0.904. The molecular formula is C10H12ClNO2. The van der Waals surface area contributed by atoms with E-state index in [9.17, 15) is 4.79 Å². The van der Waals surface area contributed by atoms with Gasteiger partial charge in [-0.1, -0.05) is 11.6 Å². The Morgan fingerprint density at radius 2 is 2.07 bits per heavy atom. The van der Waals surface area contributed by atoms with Crippen molar-refractivity contribution in [3.8, 4) is 0 Å². The first-order valence-electron chi connectivity index (χ1n) is 4.73. The van der Waals surface area contributed by atoms with Crippen molar-refractivity contribution < 1.29 is 4.74 Å². The van der Waals surface area contributed by atoms with Crippen LogP contribution < -0.4 is 5.56 Å². The number of ether oxygens (including phenoxy) is 1. The lowest BCUT2D eigenvalue weighted by Crippen LogP contribution is -2.16. The molecule has 0 saturated carbocycles. The topological polar surface area (TPSA) is 42.1 Å². The first-order chi connectivity index (χ1) is 6.75. The summed E-state index contributed by atoms with van der Waals surface area (Å²) in [6, 6.07) is 3.46. The van der Waals surface area contributed by atoms with Crippen LogP contribution >= 0.6 is 11.6 Å². The molecule has 14 heavy (non-hydrogen) atoms. The number of aromatic nitrogens is 1. The molecule has 0 amide bonds. The van der Waals surface area contributed by atoms with Crippen LogP contribution in [0.1, 0.15) is 24.3 Å². The Labute approximate surface area is 87.0 Å². The van der Waals surface area contributed by atoms with Gasteiger partial charge in [-0.2, -0.15) is 0 Å². The minimum Gasteiger partial charge on any atom is -0.381 e. The number of H-pyrrole nitrogens is 1. The average Bonchev–Trinajstić information content (AvgIpc) is 2.18. The predicted octanol–water partition coefficient (Wildman–Crippen LogP) is 1.92. The largest absolute Gasteiger partial charge is 0.381 e. The van der Waals surface area contributed by atoms with Crippen molar-refractivity contribution in [2.45, 2.75) is 18.8 Å². The maximum atomic E-state index is 11.2. The second kappa shape index (κ2) is 4.15. The van der Waals surface area contributed by atoms with Gasteiger partial charge in [-0.25, -0.2) is 0 Å². The highest BCUT2D eigenvalue weighted by Crippen LogP contribution is 2.26. The second-order valence-electron chi connectivity index (χ2n) is 3.51. The molecule has 1 fully saturated rings. The molecule has 0 bridgehead atoms. The fourth-order valence-electron chi connectivity index (χ4n) is 1.80. The fourth-order valence-corrected chi connectivity index (χ4v) is 2.01. The van der Waals surface area contributed by atoms with E-state index in [-0.39, 0.29) is 5.56 Å². The summed E-state index contributed by atoms with van der Waals surface area (Å²) in [6.07, 6.45) is 1.94. The zero-order valence-corrected chi connectivity index (χ0v) is 8.51. The molecule has 1 saturated heterocycles. The lowest BCUT2D eigenvalue weighted by Gasteiger charge is -2.22. The Hall–Kier alpha value is -0.800. The summed E-state index contributed by atoms with van der Waals surface area (Å²) in [5.74, 6) is 0.420. The van der Waals surface area contributed by atoms with Crippen LogP contribution in [-0.4, -0.2) is 18.2 Å². The Morgan fingerprint density at radius 3 is 2.71 bits per heavy atom. The van der Waals surface area contributed by atoms with E-state index in [4.69, 9.17) is 16.3 Å². The van der Waals surface area contributed by atoms with E-state index < -0.39 is 0 Å². The first kappa shape index (κ1) is 9.74. The summed E-state index contributed by atoms with van der Waals surface area (Å²) in [7, 11) is 0. The Morgan fingerprint density at radius 1 is 1.36 bits per heavy atom. The summed E-state index contributed by atoms with van der Waals surface area (Å²) in [5, 5.41) is 0.416. The van der Waals surface area contributed by atoms with Crippen LogP contribution in [-0.2, 0) is 4.74 Å². The summed E-state index contributed by atoms with van der Waals surface area (Å²) in [4.78, 5) is 13.7. The molecule has 2 rings (SSSR count). The maximum Gasteiger partial charge on any atom is 0.249 e. The molecule has 1 aliphatic heterocycles. The molecule has 0 aromatic carbocycles. The second-order valence-corrected chi connectivity index (χ2v) is 3.92. The molecule has 1 aromatic rings. The summed E-state index contributed by atoms with van der Waals surface area (Å²) < 4.78 is 5.26. The first-order valence-corrected chi connectivity index (χ1v) is 5.11. The average molecular weight is 214 g/mol. The molecule has 2 heterocycles. The van der Waals surface area contributed by atoms with Crippen molar-refractivity contribution in [1.29, 1.82) is 0 Å². The third-order valence-corrected chi connectivity index (χ3v) is 2.73. The fraction of sp³-hybridized carbons (Fsp3) is 0.500. The molecule has 0 spiro atoms. The Kier molecular flexibility index (Phi) is 2.89. The highest BCUT2D eigenvalue weighted by Gasteiger charge is 2.16. The van der Waals surface area contributed by atoms with Crippen LogP contribution in [0.3, 0.4) is 0 Å². The molecule has 1 aliphatic rings. The van der Waals surface area contributed by atoms with E-state index in [2.05, 4.69) is 4.98 Å². The molecule has 0 atom stereocenters. The minimum atomic E-state index is -0.126. The van der Waals surface area contributed by atoms with Crippen molar-refractivity contribution in [3.05, 3.63) is 33.2 Å². The lowest BCUT2D eigenvalue weighted by molar-refractivity contribution is 0.0853. The molecule has 3 nitrogen and oxygen atoms in total. The van der Waals surface area contributed by atoms with Crippen molar-refractivity contribution in [3.63, 3.8) is 0 Å². The lowest BCUT2D eigenvalue weighted by atomic mass is 9.93. The normalized spacial score (nSPS) is 18.4. The Bertz CT molecular complexity index is 369. The molecule has 0 radical (unpaired) electrons. The number of hydrogen-bond donors (Lipinski definition) is 1. The van der Waals surface area contributed by atoms with Crippen molar-refractivity contribution in [1.82, 2.24) is 4.98 Å². The maximum absolute atomic E-state index is 11.2. The van der Waals surface area contributed by atoms with Gasteiger partial charge in [0, 0.05) is 19.3 Å². The predicted molar refractivity (Wildman–Crippen MR) is 54.9 cm³/mol. The number of aromatic amines is 1. The molecular weight excluding hydrogens is 202 g/mol. The smallest absolute Gasteiger partial charge is 0.249 e. The number of pyridine rings is 1. The van der Waals surface area contributed by atoms with Crippen molar-refractivity contribution >= 4 is 11.6 Å². The molecule has 1 aromatic heterocycles. The monoisotopic (exact) mass is 213 g/mol. The third kappa shape index (κ3) is 2.16. The number of hydrogen-bond acceptors (Lipinski definition) is 2. The van der Waals surface area contributed by atoms with E-state index in [1.54, 1.807) is 6.07 Å². The van der Waals surface area contributed by atoms with Crippen LogP contribution in [0.4, 0.5) is 0 Å². The van der Waals surface area contributed by atoms with E-state index in [1.165, 1.54) is 0 Å². The van der Waals surface area contributed by atoms with E-state index in [0.717, 1.165) is 31.6 Å². The number of nitrogens with one attached hydrogen (secondary N) is 1. The van der Waals surface area contributed by atoms with Gasteiger partial charge >= 0.3 is 0 Å². The van der Waals surface area contributed by atoms with Gasteiger partial charge in [0.15, 0.2) is 0 Å². The molecule has 0 aliphatic carbocycles. The zero-order chi connectivity index (χ0) is 9.97. The summed E-state index contributed by atoms with van der Waals surface area (Å²) in [6.45, 7) is 1.55. The van der Waals surface area contributed by atoms with E-state index in [0.29, 0.717) is 11.1 Å². The SMILES string of the molecule is O=c1cc(C2CCOCC2)cc(Cl)[nH]1. The highest BCUT2D eigenvalue weighted by molar-refractivity contribution is 6.29. The van der Waals surface area contributed by atoms with Crippen LogP contribution in [0.2, 0.25) is 5.15 Å². The zero-order valence-electron chi connectivity index (χ0n) is 7.75. The molecule has 1 N–H and O–H groups in total. The highest BCUT2D eigenvalue weighted by atomic mass is 35.5. The van der Waals surface area contributed by atoms with Gasteiger partial charge in [0.2, 0.25) is 5.56 Å². The van der Waals surface area contributed by atoms with Gasteiger partial charge in [-0.05, 0) is 30.4 Å². The van der Waals surface area contributed by atoms with Crippen LogP contribution in [0.5, 0.6) is 0 Å². The minimum absolute atomic E-state index is 0.126. The van der Waals surface area contributed by atoms with Gasteiger partial charge in [-0.3, -0.25) is 4.79 Å². The summed E-state index contributed by atoms with van der Waals surface area (Å²) >= 11 is 5.78. The van der Waals surface area contributed by atoms with Crippen LogP contribution in [0.15, 0.2) is 16.9 Å². The molecule has 0 unspecified atom stereocenters. The van der Waals surface area contributed by atoms with E-state index in [1.807, 2.05) is 6.07 Å². The van der Waals surface area contributed by atoms with Crippen LogP contribution in [0.25, 0.3) is 0 Å². The van der Waals surface area contributed by atoms with Gasteiger partial charge in [-0.15, -0.1) is 0 Å². The third-order valence-electron chi connectivity index (χ3n) is 2.53. The van der Waals surface area contributed by atoms with Gasteiger partial charge < -0.3 is 9.72 Å². The van der Waals surface area contributed by atoms with E-state index >= 15 is 0 Å². The Balaban J connectivity index is 2.26. The number of halogens is 1. The van der Waals surface area contributed by atoms with Crippen molar-refractivity contribution in [2.24, 2.45) is 0 Å². The van der Waals surface area contributed by atoms with Crippen LogP contribution in [0, 0.1) is 0 Å². The van der Waals surface area contributed by atoms with Gasteiger partial charge in [0.1, 0.15) is 5.15 Å². The quantitative estimate of drug-likeness (QED) is 0.725. The molecule has 76 valence electrons. The van der Waals surface area contributed by atoms with Gasteiger partial charge in [0.05, 0.1) is 0 Å². The van der Waals surface area contributed by atoms with Gasteiger partial charge in [0.25, 0.3) is 0 Å². The number of rotatable bonds is 1.